The van der Waals surface area contributed by atoms with E-state index in [0.29, 0.717) is 10.0 Å². The molecule has 0 radical (unpaired) electrons. The average Bonchev–Trinajstić information content (AvgIpc) is 3.39. The Bertz CT molecular complexity index is 1220. The Morgan fingerprint density at radius 1 is 1.42 bits per heavy atom. The number of likely N-dealkylation sites (tertiary alicyclic amines) is 1. The van der Waals surface area contributed by atoms with E-state index in [1.807, 2.05) is 17.5 Å². The molecule has 0 amide bonds. The van der Waals surface area contributed by atoms with E-state index in [-0.39, 0.29) is 17.4 Å². The predicted molar refractivity (Wildman–Crippen MR) is 122 cm³/mol. The van der Waals surface area contributed by atoms with Gasteiger partial charge in [0.25, 0.3) is 0 Å². The van der Waals surface area contributed by atoms with Crippen molar-refractivity contribution in [2.45, 2.75) is 24.0 Å². The summed E-state index contributed by atoms with van der Waals surface area (Å²) in [5.41, 5.74) is 8.24. The summed E-state index contributed by atoms with van der Waals surface area (Å²) >= 11 is 7.82. The summed E-state index contributed by atoms with van der Waals surface area (Å²) in [6.07, 6.45) is 3.23. The Morgan fingerprint density at radius 2 is 2.26 bits per heavy atom. The first-order valence-corrected chi connectivity index (χ1v) is 11.1. The third kappa shape index (κ3) is 3.25. The number of likely N-dealkylation sites (N-methyl/N-ethyl adjacent to an activating group) is 1. The van der Waals surface area contributed by atoms with Gasteiger partial charge in [-0.1, -0.05) is 29.5 Å². The normalized spacial score (nSPS) is 23.9. The molecule has 0 aliphatic carbocycles. The maximum atomic E-state index is 10.6. The number of halogens is 1. The van der Waals surface area contributed by atoms with Gasteiger partial charge >= 0.3 is 0 Å². The molecule has 0 saturated carbocycles. The Balaban J connectivity index is 1.47. The van der Waals surface area contributed by atoms with Crippen LogP contribution in [0.15, 0.2) is 36.0 Å². The van der Waals surface area contributed by atoms with E-state index in [9.17, 15) is 5.11 Å². The molecule has 31 heavy (non-hydrogen) atoms. The molecule has 1 saturated heterocycles. The standard InChI is InChI=1S/C22H21ClN6OS/c1-21(30,19-25-7-8-31-19)6-5-13-3-4-14-16(9-13)27-11-22(14)12-29(2)18(22)17-15(23)10-26-20(24)28-17/h3-4,7-10,18,27,30H,11-12H2,1-2H3,(H2,24,26,28)/t18-,21+,22+/m0/s1. The number of hydrogen-bond donors (Lipinski definition) is 3. The molecule has 1 aromatic carbocycles. The fourth-order valence-corrected chi connectivity index (χ4v) is 5.48. The molecule has 3 atom stereocenters. The summed E-state index contributed by atoms with van der Waals surface area (Å²) in [5, 5.41) is 17.1. The minimum atomic E-state index is -1.28. The van der Waals surface area contributed by atoms with Gasteiger partial charge in [-0.3, -0.25) is 4.90 Å². The molecule has 5 rings (SSSR count). The van der Waals surface area contributed by atoms with E-state index in [0.717, 1.165) is 30.0 Å². The first-order chi connectivity index (χ1) is 14.8. The lowest BCUT2D eigenvalue weighted by Gasteiger charge is -2.54. The van der Waals surface area contributed by atoms with Gasteiger partial charge in [-0.15, -0.1) is 11.3 Å². The second-order valence-electron chi connectivity index (χ2n) is 8.21. The maximum absolute atomic E-state index is 10.6. The van der Waals surface area contributed by atoms with Crippen LogP contribution < -0.4 is 11.1 Å². The van der Waals surface area contributed by atoms with Gasteiger partial charge in [0, 0.05) is 41.3 Å². The number of rotatable bonds is 2. The smallest absolute Gasteiger partial charge is 0.220 e. The highest BCUT2D eigenvalue weighted by atomic mass is 35.5. The number of nitrogens with two attached hydrogens (primary N) is 1. The van der Waals surface area contributed by atoms with Gasteiger partial charge in [-0.2, -0.15) is 0 Å². The lowest BCUT2D eigenvalue weighted by molar-refractivity contribution is 0.0151. The number of nitrogens with one attached hydrogen (secondary N) is 1. The molecule has 2 aromatic heterocycles. The van der Waals surface area contributed by atoms with Gasteiger partial charge in [0.15, 0.2) is 5.60 Å². The highest BCUT2D eigenvalue weighted by Crippen LogP contribution is 2.55. The van der Waals surface area contributed by atoms with Crippen LogP contribution in [0.2, 0.25) is 5.02 Å². The summed E-state index contributed by atoms with van der Waals surface area (Å²) in [6.45, 7) is 3.30. The van der Waals surface area contributed by atoms with Crippen molar-refractivity contribution in [2.75, 3.05) is 31.2 Å². The van der Waals surface area contributed by atoms with Crippen molar-refractivity contribution in [1.82, 2.24) is 19.9 Å². The lowest BCUT2D eigenvalue weighted by Crippen LogP contribution is -2.61. The number of anilines is 2. The summed E-state index contributed by atoms with van der Waals surface area (Å²) < 4.78 is 0. The first-order valence-electron chi connectivity index (χ1n) is 9.82. The predicted octanol–water partition coefficient (Wildman–Crippen LogP) is 2.78. The lowest BCUT2D eigenvalue weighted by atomic mass is 9.67. The van der Waals surface area contributed by atoms with Crippen LogP contribution in [0, 0.1) is 11.8 Å². The molecule has 1 spiro atoms. The Kier molecular flexibility index (Phi) is 4.68. The zero-order chi connectivity index (χ0) is 21.8. The number of nitrogens with zero attached hydrogens (tertiary/aromatic N) is 4. The van der Waals surface area contributed by atoms with Crippen molar-refractivity contribution < 1.29 is 5.11 Å². The highest BCUT2D eigenvalue weighted by molar-refractivity contribution is 7.09. The van der Waals surface area contributed by atoms with Crippen LogP contribution >= 0.6 is 22.9 Å². The van der Waals surface area contributed by atoms with Crippen LogP contribution in [0.3, 0.4) is 0 Å². The Morgan fingerprint density at radius 3 is 3.00 bits per heavy atom. The van der Waals surface area contributed by atoms with E-state index in [1.165, 1.54) is 16.9 Å². The number of hydrogen-bond acceptors (Lipinski definition) is 8. The zero-order valence-corrected chi connectivity index (χ0v) is 18.6. The van der Waals surface area contributed by atoms with Crippen LogP contribution in [-0.4, -0.2) is 45.1 Å². The van der Waals surface area contributed by atoms with Crippen LogP contribution in [0.4, 0.5) is 11.6 Å². The zero-order valence-electron chi connectivity index (χ0n) is 17.1. The van der Waals surface area contributed by atoms with Gasteiger partial charge < -0.3 is 16.2 Å². The molecule has 2 aliphatic heterocycles. The Labute approximate surface area is 189 Å². The largest absolute Gasteiger partial charge is 0.384 e. The molecule has 9 heteroatoms. The monoisotopic (exact) mass is 452 g/mol. The molecule has 1 fully saturated rings. The van der Waals surface area contributed by atoms with E-state index >= 15 is 0 Å². The van der Waals surface area contributed by atoms with Crippen molar-refractivity contribution in [1.29, 1.82) is 0 Å². The molecule has 0 unspecified atom stereocenters. The molecule has 4 heterocycles. The van der Waals surface area contributed by atoms with Gasteiger partial charge in [-0.25, -0.2) is 15.0 Å². The summed E-state index contributed by atoms with van der Waals surface area (Å²) in [7, 11) is 2.06. The van der Waals surface area contributed by atoms with Crippen LogP contribution in [-0.2, 0) is 11.0 Å². The number of aromatic nitrogens is 3. The SMILES string of the molecule is CN1C[C@@]2(CNc3cc(C#C[C@@](C)(O)c4nccs4)ccc32)[C@@H]1c1nc(N)ncc1Cl. The quantitative estimate of drug-likeness (QED) is 0.514. The summed E-state index contributed by atoms with van der Waals surface area (Å²) in [4.78, 5) is 14.8. The topological polar surface area (TPSA) is 100 Å². The second-order valence-corrected chi connectivity index (χ2v) is 9.51. The van der Waals surface area contributed by atoms with Crippen molar-refractivity contribution in [3.63, 3.8) is 0 Å². The van der Waals surface area contributed by atoms with Crippen molar-refractivity contribution in [3.8, 4) is 11.8 Å². The molecule has 7 nitrogen and oxygen atoms in total. The fourth-order valence-electron chi connectivity index (χ4n) is 4.64. The van der Waals surface area contributed by atoms with Gasteiger partial charge in [0.1, 0.15) is 5.01 Å². The molecular weight excluding hydrogens is 432 g/mol. The van der Waals surface area contributed by atoms with Crippen molar-refractivity contribution >= 4 is 34.6 Å². The number of benzene rings is 1. The van der Waals surface area contributed by atoms with E-state index in [4.69, 9.17) is 17.3 Å². The molecule has 2 aliphatic rings. The van der Waals surface area contributed by atoms with E-state index in [1.54, 1.807) is 19.3 Å². The van der Waals surface area contributed by atoms with E-state index in [2.05, 4.69) is 50.1 Å². The van der Waals surface area contributed by atoms with Crippen molar-refractivity contribution in [3.05, 3.63) is 62.8 Å². The summed E-state index contributed by atoms with van der Waals surface area (Å²) in [5.74, 6) is 6.26. The highest BCUT2D eigenvalue weighted by Gasteiger charge is 2.57. The number of thiazole rings is 1. The molecule has 4 N–H and O–H groups in total. The average molecular weight is 453 g/mol. The Hall–Kier alpha value is -2.70. The molecule has 0 bridgehead atoms. The third-order valence-electron chi connectivity index (χ3n) is 5.99. The molecule has 3 aromatic rings. The minimum absolute atomic E-state index is 0.00150. The summed E-state index contributed by atoms with van der Waals surface area (Å²) in [6, 6.07) is 6.13. The number of aliphatic hydroxyl groups is 1. The number of nitrogen functional groups attached to an aromatic ring is 1. The number of fused-ring (bicyclic) bond motifs is 2. The third-order valence-corrected chi connectivity index (χ3v) is 7.27. The fraction of sp³-hybridized carbons (Fsp3) is 0.318. The molecule has 158 valence electrons. The van der Waals surface area contributed by atoms with Gasteiger partial charge in [0.05, 0.1) is 23.0 Å². The maximum Gasteiger partial charge on any atom is 0.220 e. The van der Waals surface area contributed by atoms with Crippen LogP contribution in [0.5, 0.6) is 0 Å². The van der Waals surface area contributed by atoms with Crippen LogP contribution in [0.25, 0.3) is 0 Å². The minimum Gasteiger partial charge on any atom is -0.384 e. The first kappa shape index (κ1) is 20.2. The van der Waals surface area contributed by atoms with Crippen molar-refractivity contribution in [2.24, 2.45) is 0 Å². The second kappa shape index (κ2) is 7.18. The van der Waals surface area contributed by atoms with Gasteiger partial charge in [-0.05, 0) is 31.7 Å². The molecular formula is C22H21ClN6OS. The van der Waals surface area contributed by atoms with Crippen LogP contribution in [0.1, 0.15) is 34.8 Å². The van der Waals surface area contributed by atoms with E-state index < -0.39 is 5.60 Å². The van der Waals surface area contributed by atoms with Gasteiger partial charge in [0.2, 0.25) is 5.95 Å².